The highest BCUT2D eigenvalue weighted by Gasteiger charge is 2.37. The van der Waals surface area contributed by atoms with Gasteiger partial charge in [0.1, 0.15) is 0 Å². The molecular formula is C12H23NO. The van der Waals surface area contributed by atoms with Crippen molar-refractivity contribution in [2.75, 3.05) is 26.2 Å². The minimum atomic E-state index is 0.405. The van der Waals surface area contributed by atoms with Crippen LogP contribution >= 0.6 is 0 Å². The Labute approximate surface area is 87.3 Å². The molecule has 1 saturated heterocycles. The molecule has 1 N–H and O–H groups in total. The van der Waals surface area contributed by atoms with Crippen molar-refractivity contribution in [1.82, 2.24) is 4.90 Å². The van der Waals surface area contributed by atoms with Crippen molar-refractivity contribution in [2.45, 2.75) is 33.1 Å². The van der Waals surface area contributed by atoms with Crippen molar-refractivity contribution >= 4 is 0 Å². The van der Waals surface area contributed by atoms with E-state index in [2.05, 4.69) is 18.7 Å². The minimum absolute atomic E-state index is 0.405. The summed E-state index contributed by atoms with van der Waals surface area (Å²) in [5, 5.41) is 9.22. The average molecular weight is 197 g/mol. The summed E-state index contributed by atoms with van der Waals surface area (Å²) in [6.45, 7) is 8.81. The predicted molar refractivity (Wildman–Crippen MR) is 58.1 cm³/mol. The molecule has 2 fully saturated rings. The Morgan fingerprint density at radius 3 is 2.43 bits per heavy atom. The van der Waals surface area contributed by atoms with E-state index in [0.717, 1.165) is 5.92 Å². The lowest BCUT2D eigenvalue weighted by molar-refractivity contribution is 0.00966. The fourth-order valence-corrected chi connectivity index (χ4v) is 3.22. The molecule has 0 aromatic carbocycles. The summed E-state index contributed by atoms with van der Waals surface area (Å²) in [5.41, 5.74) is 0.549. The third-order valence-electron chi connectivity index (χ3n) is 3.85. The highest BCUT2D eigenvalue weighted by Crippen LogP contribution is 2.35. The molecule has 0 amide bonds. The van der Waals surface area contributed by atoms with Crippen LogP contribution in [0.2, 0.25) is 0 Å². The molecule has 2 unspecified atom stereocenters. The molecule has 2 aliphatic rings. The van der Waals surface area contributed by atoms with E-state index in [1.165, 1.54) is 38.9 Å². The van der Waals surface area contributed by atoms with Crippen LogP contribution < -0.4 is 0 Å². The van der Waals surface area contributed by atoms with E-state index < -0.39 is 0 Å². The molecule has 0 aromatic heterocycles. The van der Waals surface area contributed by atoms with Crippen LogP contribution in [0.15, 0.2) is 0 Å². The second kappa shape index (κ2) is 3.82. The quantitative estimate of drug-likeness (QED) is 0.745. The lowest BCUT2D eigenvalue weighted by Gasteiger charge is -2.47. The smallest absolute Gasteiger partial charge is 0.0462 e. The predicted octanol–water partition coefficient (Wildman–Crippen LogP) is 1.74. The Balaban J connectivity index is 1.76. The molecule has 2 heteroatoms. The Morgan fingerprint density at radius 2 is 1.86 bits per heavy atom. The summed E-state index contributed by atoms with van der Waals surface area (Å²) in [7, 11) is 0. The molecule has 0 spiro atoms. The maximum atomic E-state index is 9.22. The maximum Gasteiger partial charge on any atom is 0.0462 e. The highest BCUT2D eigenvalue weighted by molar-refractivity contribution is 4.90. The minimum Gasteiger partial charge on any atom is -0.396 e. The first-order valence-corrected chi connectivity index (χ1v) is 5.94. The molecular weight excluding hydrogens is 174 g/mol. The van der Waals surface area contributed by atoms with Crippen LogP contribution in [0.5, 0.6) is 0 Å². The van der Waals surface area contributed by atoms with Crippen LogP contribution in [0.4, 0.5) is 0 Å². The fourth-order valence-electron chi connectivity index (χ4n) is 3.22. The van der Waals surface area contributed by atoms with Crippen molar-refractivity contribution in [2.24, 2.45) is 17.3 Å². The Bertz CT molecular complexity index is 194. The van der Waals surface area contributed by atoms with Gasteiger partial charge in [0.05, 0.1) is 0 Å². The van der Waals surface area contributed by atoms with E-state index in [1.807, 2.05) is 0 Å². The first-order valence-electron chi connectivity index (χ1n) is 5.94. The van der Waals surface area contributed by atoms with E-state index >= 15 is 0 Å². The van der Waals surface area contributed by atoms with Crippen molar-refractivity contribution in [3.05, 3.63) is 0 Å². The standard InChI is InChI=1S/C12H23NO/c1-12(2)8-13(9-12)6-10-4-3-5-11(10)7-14/h10-11,14H,3-9H2,1-2H3. The normalized spacial score (nSPS) is 37.1. The van der Waals surface area contributed by atoms with Crippen LogP contribution in [0.1, 0.15) is 33.1 Å². The Kier molecular flexibility index (Phi) is 2.85. The zero-order chi connectivity index (χ0) is 10.2. The van der Waals surface area contributed by atoms with Gasteiger partial charge < -0.3 is 10.0 Å². The second-order valence-corrected chi connectivity index (χ2v) is 5.97. The van der Waals surface area contributed by atoms with Crippen LogP contribution in [0, 0.1) is 17.3 Å². The summed E-state index contributed by atoms with van der Waals surface area (Å²) in [6.07, 6.45) is 3.91. The zero-order valence-corrected chi connectivity index (χ0v) is 9.50. The number of aliphatic hydroxyl groups excluding tert-OH is 1. The maximum absolute atomic E-state index is 9.22. The highest BCUT2D eigenvalue weighted by atomic mass is 16.3. The van der Waals surface area contributed by atoms with Gasteiger partial charge in [0.2, 0.25) is 0 Å². The van der Waals surface area contributed by atoms with Crippen LogP contribution in [0.3, 0.4) is 0 Å². The molecule has 82 valence electrons. The lowest BCUT2D eigenvalue weighted by Crippen LogP contribution is -2.54. The number of hydrogen-bond acceptors (Lipinski definition) is 2. The second-order valence-electron chi connectivity index (χ2n) is 5.97. The van der Waals surface area contributed by atoms with Gasteiger partial charge in [0, 0.05) is 26.2 Å². The molecule has 2 rings (SSSR count). The molecule has 2 nitrogen and oxygen atoms in total. The van der Waals surface area contributed by atoms with Gasteiger partial charge in [-0.15, -0.1) is 0 Å². The van der Waals surface area contributed by atoms with Crippen molar-refractivity contribution in [3.8, 4) is 0 Å². The van der Waals surface area contributed by atoms with Crippen LogP contribution in [0.25, 0.3) is 0 Å². The number of aliphatic hydroxyl groups is 1. The van der Waals surface area contributed by atoms with Gasteiger partial charge in [-0.25, -0.2) is 0 Å². The van der Waals surface area contributed by atoms with Gasteiger partial charge in [0.15, 0.2) is 0 Å². The van der Waals surface area contributed by atoms with E-state index in [4.69, 9.17) is 0 Å². The summed E-state index contributed by atoms with van der Waals surface area (Å²) >= 11 is 0. The van der Waals surface area contributed by atoms with Crippen molar-refractivity contribution in [1.29, 1.82) is 0 Å². The lowest BCUT2D eigenvalue weighted by atomic mass is 9.83. The molecule has 0 aromatic rings. The average Bonchev–Trinajstić information content (AvgIpc) is 2.48. The van der Waals surface area contributed by atoms with Gasteiger partial charge in [0.25, 0.3) is 0 Å². The van der Waals surface area contributed by atoms with Crippen LogP contribution in [-0.2, 0) is 0 Å². The molecule has 2 atom stereocenters. The van der Waals surface area contributed by atoms with E-state index in [9.17, 15) is 5.11 Å². The molecule has 0 bridgehead atoms. The third kappa shape index (κ3) is 2.12. The summed E-state index contributed by atoms with van der Waals surface area (Å²) < 4.78 is 0. The van der Waals surface area contributed by atoms with Crippen molar-refractivity contribution in [3.63, 3.8) is 0 Å². The van der Waals surface area contributed by atoms with Crippen molar-refractivity contribution < 1.29 is 5.11 Å². The number of hydrogen-bond donors (Lipinski definition) is 1. The molecule has 1 aliphatic carbocycles. The molecule has 1 saturated carbocycles. The number of rotatable bonds is 3. The topological polar surface area (TPSA) is 23.5 Å². The number of likely N-dealkylation sites (tertiary alicyclic amines) is 1. The van der Waals surface area contributed by atoms with Gasteiger partial charge in [-0.2, -0.15) is 0 Å². The fraction of sp³-hybridized carbons (Fsp3) is 1.00. The third-order valence-corrected chi connectivity index (χ3v) is 3.85. The molecule has 0 radical (unpaired) electrons. The monoisotopic (exact) mass is 197 g/mol. The Morgan fingerprint density at radius 1 is 1.21 bits per heavy atom. The SMILES string of the molecule is CC1(C)CN(CC2CCCC2CO)C1. The van der Waals surface area contributed by atoms with E-state index in [0.29, 0.717) is 17.9 Å². The van der Waals surface area contributed by atoms with Crippen LogP contribution in [-0.4, -0.2) is 36.2 Å². The first-order chi connectivity index (χ1) is 6.61. The van der Waals surface area contributed by atoms with Gasteiger partial charge in [-0.1, -0.05) is 20.3 Å². The zero-order valence-electron chi connectivity index (χ0n) is 9.50. The summed E-state index contributed by atoms with van der Waals surface area (Å²) in [5.74, 6) is 1.37. The summed E-state index contributed by atoms with van der Waals surface area (Å²) in [6, 6.07) is 0. The molecule has 1 aliphatic heterocycles. The Hall–Kier alpha value is -0.0800. The molecule has 1 heterocycles. The van der Waals surface area contributed by atoms with Gasteiger partial charge >= 0.3 is 0 Å². The largest absolute Gasteiger partial charge is 0.396 e. The van der Waals surface area contributed by atoms with Gasteiger partial charge in [-0.3, -0.25) is 0 Å². The number of nitrogens with zero attached hydrogens (tertiary/aromatic N) is 1. The molecule has 14 heavy (non-hydrogen) atoms. The summed E-state index contributed by atoms with van der Waals surface area (Å²) in [4.78, 5) is 2.55. The van der Waals surface area contributed by atoms with E-state index in [-0.39, 0.29) is 0 Å². The first kappa shape index (κ1) is 10.4. The van der Waals surface area contributed by atoms with Gasteiger partial charge in [-0.05, 0) is 30.1 Å². The van der Waals surface area contributed by atoms with E-state index in [1.54, 1.807) is 0 Å².